The highest BCUT2D eigenvalue weighted by Crippen LogP contribution is 2.19. The fourth-order valence-electron chi connectivity index (χ4n) is 3.67. The lowest BCUT2D eigenvalue weighted by Crippen LogP contribution is -2.44. The van der Waals surface area contributed by atoms with Gasteiger partial charge in [0.15, 0.2) is 5.96 Å². The monoisotopic (exact) mass is 382 g/mol. The molecule has 0 radical (unpaired) electrons. The van der Waals surface area contributed by atoms with Crippen LogP contribution in [0, 0.1) is 0 Å². The molecular weight excluding hydrogens is 344 g/mol. The van der Waals surface area contributed by atoms with Gasteiger partial charge in [-0.05, 0) is 40.0 Å². The number of hydrogen-bond donors (Lipinski definition) is 2. The van der Waals surface area contributed by atoms with Gasteiger partial charge >= 0.3 is 6.09 Å². The number of guanidine groups is 1. The van der Waals surface area contributed by atoms with E-state index in [0.29, 0.717) is 12.7 Å². The number of hydrogen-bond acceptors (Lipinski definition) is 4. The smallest absolute Gasteiger partial charge is 0.407 e. The maximum atomic E-state index is 11.9. The van der Waals surface area contributed by atoms with Gasteiger partial charge in [-0.25, -0.2) is 4.79 Å². The fourth-order valence-corrected chi connectivity index (χ4v) is 3.67. The molecule has 1 aliphatic heterocycles. The molecule has 0 aromatic heterocycles. The maximum Gasteiger partial charge on any atom is 0.407 e. The summed E-state index contributed by atoms with van der Waals surface area (Å²) >= 11 is 0. The first-order valence-electron chi connectivity index (χ1n) is 10.4. The van der Waals surface area contributed by atoms with Crippen LogP contribution >= 0.6 is 0 Å². The molecule has 1 heterocycles. The first-order valence-corrected chi connectivity index (χ1v) is 10.4. The highest BCUT2D eigenvalue weighted by Gasteiger charge is 2.27. The zero-order valence-corrected chi connectivity index (χ0v) is 17.6. The number of rotatable bonds is 5. The van der Waals surface area contributed by atoms with E-state index in [9.17, 15) is 4.79 Å². The van der Waals surface area contributed by atoms with Crippen molar-refractivity contribution in [2.24, 2.45) is 4.99 Å². The summed E-state index contributed by atoms with van der Waals surface area (Å²) in [5, 5.41) is 6.34. The summed E-state index contributed by atoms with van der Waals surface area (Å²) in [7, 11) is 1.79. The highest BCUT2D eigenvalue weighted by molar-refractivity contribution is 5.80. The molecule has 1 unspecified atom stereocenters. The predicted octanol–water partition coefficient (Wildman–Crippen LogP) is 2.90. The summed E-state index contributed by atoms with van der Waals surface area (Å²) in [6.45, 7) is 8.68. The number of likely N-dealkylation sites (tertiary alicyclic amines) is 1. The Morgan fingerprint density at radius 3 is 2.48 bits per heavy atom. The van der Waals surface area contributed by atoms with Gasteiger partial charge in [-0.2, -0.15) is 0 Å². The minimum atomic E-state index is -0.475. The van der Waals surface area contributed by atoms with Gasteiger partial charge in [-0.3, -0.25) is 4.99 Å². The van der Waals surface area contributed by atoms with Crippen molar-refractivity contribution in [2.45, 2.75) is 83.5 Å². The van der Waals surface area contributed by atoms with Crippen LogP contribution in [0.5, 0.6) is 0 Å². The van der Waals surface area contributed by atoms with Crippen molar-refractivity contribution in [2.75, 3.05) is 33.3 Å². The molecule has 156 valence electrons. The largest absolute Gasteiger partial charge is 0.444 e. The molecule has 0 aromatic carbocycles. The van der Waals surface area contributed by atoms with Gasteiger partial charge < -0.3 is 25.0 Å². The van der Waals surface area contributed by atoms with E-state index in [-0.39, 0.29) is 12.1 Å². The van der Waals surface area contributed by atoms with Crippen LogP contribution < -0.4 is 10.6 Å². The molecule has 0 spiro atoms. The van der Waals surface area contributed by atoms with Crippen molar-refractivity contribution in [3.8, 4) is 0 Å². The topological polar surface area (TPSA) is 75.2 Å². The summed E-state index contributed by atoms with van der Waals surface area (Å²) in [5.74, 6) is 0.868. The first-order chi connectivity index (χ1) is 12.9. The SMILES string of the molecule is CN=C(NCCOC1CCCCCC1)N1CCC(NC(=O)OC(C)(C)C)C1. The van der Waals surface area contributed by atoms with Gasteiger partial charge in [0, 0.05) is 26.7 Å². The average molecular weight is 383 g/mol. The lowest BCUT2D eigenvalue weighted by Gasteiger charge is -2.23. The summed E-state index contributed by atoms with van der Waals surface area (Å²) < 4.78 is 11.4. The molecule has 27 heavy (non-hydrogen) atoms. The Morgan fingerprint density at radius 2 is 1.85 bits per heavy atom. The van der Waals surface area contributed by atoms with Gasteiger partial charge in [0.05, 0.1) is 18.8 Å². The van der Waals surface area contributed by atoms with Crippen LogP contribution in [0.3, 0.4) is 0 Å². The number of aliphatic imine (C=N–C) groups is 1. The lowest BCUT2D eigenvalue weighted by atomic mass is 10.1. The molecule has 2 N–H and O–H groups in total. The Hall–Kier alpha value is -1.50. The number of nitrogens with zero attached hydrogens (tertiary/aromatic N) is 2. The van der Waals surface area contributed by atoms with Crippen molar-refractivity contribution < 1.29 is 14.3 Å². The summed E-state index contributed by atoms with van der Waals surface area (Å²) in [6, 6.07) is 0.0839. The summed E-state index contributed by atoms with van der Waals surface area (Å²) in [6.07, 6.45) is 8.62. The van der Waals surface area contributed by atoms with E-state index in [1.54, 1.807) is 7.05 Å². The molecule has 0 bridgehead atoms. The third-order valence-corrected chi connectivity index (χ3v) is 4.96. The van der Waals surface area contributed by atoms with Crippen LogP contribution in [0.2, 0.25) is 0 Å². The second kappa shape index (κ2) is 10.7. The third-order valence-electron chi connectivity index (χ3n) is 4.96. The second-order valence-electron chi connectivity index (χ2n) is 8.54. The van der Waals surface area contributed by atoms with E-state index in [2.05, 4.69) is 20.5 Å². The van der Waals surface area contributed by atoms with E-state index < -0.39 is 5.60 Å². The molecule has 7 heteroatoms. The van der Waals surface area contributed by atoms with Crippen LogP contribution in [0.4, 0.5) is 4.79 Å². The first kappa shape index (κ1) is 21.8. The molecule has 1 saturated carbocycles. The van der Waals surface area contributed by atoms with E-state index in [1.807, 2.05) is 20.8 Å². The molecule has 2 fully saturated rings. The highest BCUT2D eigenvalue weighted by atomic mass is 16.6. The number of nitrogens with one attached hydrogen (secondary N) is 2. The normalized spacial score (nSPS) is 22.4. The molecule has 1 saturated heterocycles. The zero-order chi connectivity index (χ0) is 19.7. The van der Waals surface area contributed by atoms with Crippen LogP contribution in [0.1, 0.15) is 65.7 Å². The van der Waals surface area contributed by atoms with Crippen LogP contribution in [-0.4, -0.2) is 68.0 Å². The fraction of sp³-hybridized carbons (Fsp3) is 0.900. The molecule has 2 rings (SSSR count). The van der Waals surface area contributed by atoms with Crippen LogP contribution in [0.15, 0.2) is 4.99 Å². The van der Waals surface area contributed by atoms with Gasteiger partial charge in [0.2, 0.25) is 0 Å². The Kier molecular flexibility index (Phi) is 8.67. The quantitative estimate of drug-likeness (QED) is 0.331. The van der Waals surface area contributed by atoms with Crippen LogP contribution in [-0.2, 0) is 9.47 Å². The van der Waals surface area contributed by atoms with E-state index in [1.165, 1.54) is 38.5 Å². The summed E-state index contributed by atoms with van der Waals surface area (Å²) in [4.78, 5) is 18.5. The van der Waals surface area contributed by atoms with E-state index >= 15 is 0 Å². The van der Waals surface area contributed by atoms with E-state index in [0.717, 1.165) is 32.0 Å². The predicted molar refractivity (Wildman–Crippen MR) is 108 cm³/mol. The van der Waals surface area contributed by atoms with Crippen molar-refractivity contribution in [3.05, 3.63) is 0 Å². The van der Waals surface area contributed by atoms with Crippen molar-refractivity contribution in [3.63, 3.8) is 0 Å². The number of ether oxygens (including phenoxy) is 2. The number of amides is 1. The molecule has 0 aromatic rings. The van der Waals surface area contributed by atoms with E-state index in [4.69, 9.17) is 9.47 Å². The Balaban J connectivity index is 1.66. The average Bonchev–Trinajstić information content (AvgIpc) is 2.88. The summed E-state index contributed by atoms with van der Waals surface area (Å²) in [5.41, 5.74) is -0.475. The minimum absolute atomic E-state index is 0.0839. The van der Waals surface area contributed by atoms with Crippen LogP contribution in [0.25, 0.3) is 0 Å². The lowest BCUT2D eigenvalue weighted by molar-refractivity contribution is 0.0466. The number of carbonyl (C=O) groups is 1. The Morgan fingerprint density at radius 1 is 1.15 bits per heavy atom. The van der Waals surface area contributed by atoms with Gasteiger partial charge in [-0.15, -0.1) is 0 Å². The molecular formula is C20H38N4O3. The second-order valence-corrected chi connectivity index (χ2v) is 8.54. The molecule has 1 aliphatic carbocycles. The molecule has 1 amide bonds. The zero-order valence-electron chi connectivity index (χ0n) is 17.6. The Bertz CT molecular complexity index is 482. The number of alkyl carbamates (subject to hydrolysis) is 1. The van der Waals surface area contributed by atoms with Crippen molar-refractivity contribution in [1.82, 2.24) is 15.5 Å². The molecule has 2 aliphatic rings. The molecule has 7 nitrogen and oxygen atoms in total. The maximum absolute atomic E-state index is 11.9. The van der Waals surface area contributed by atoms with Gasteiger partial charge in [0.1, 0.15) is 5.60 Å². The van der Waals surface area contributed by atoms with Crippen molar-refractivity contribution >= 4 is 12.1 Å². The Labute approximate surface area is 164 Å². The standard InChI is InChI=1S/C20H38N4O3/c1-20(2,3)27-19(25)23-16-11-13-24(15-16)18(21-4)22-12-14-26-17-9-7-5-6-8-10-17/h16-17H,5-15H2,1-4H3,(H,21,22)(H,23,25). The number of carbonyl (C=O) groups excluding carboxylic acids is 1. The third kappa shape index (κ3) is 8.37. The minimum Gasteiger partial charge on any atom is -0.444 e. The van der Waals surface area contributed by atoms with Gasteiger partial charge in [0.25, 0.3) is 0 Å². The van der Waals surface area contributed by atoms with Gasteiger partial charge in [-0.1, -0.05) is 25.7 Å². The van der Waals surface area contributed by atoms with Crippen molar-refractivity contribution in [1.29, 1.82) is 0 Å². The molecule has 1 atom stereocenters.